The Labute approximate surface area is 90.7 Å². The molecule has 0 amide bonds. The van der Waals surface area contributed by atoms with E-state index in [-0.39, 0.29) is 11.3 Å². The predicted molar refractivity (Wildman–Crippen MR) is 55.8 cm³/mol. The maximum Gasteiger partial charge on any atom is 0.135 e. The van der Waals surface area contributed by atoms with Crippen molar-refractivity contribution < 1.29 is 4.79 Å². The topological polar surface area (TPSA) is 40.9 Å². The van der Waals surface area contributed by atoms with Gasteiger partial charge in [0.25, 0.3) is 0 Å². The Morgan fingerprint density at radius 2 is 1.87 bits per heavy atom. The standard InChI is InChI=1S/C13H17NO/c1-8(15)13-4-9-2-10(5-13)12(7-14)11(3-9)6-13/h9-12H,2-6H2,1H3. The highest BCUT2D eigenvalue weighted by molar-refractivity contribution is 5.82. The average Bonchev–Trinajstić information content (AvgIpc) is 2.16. The van der Waals surface area contributed by atoms with Crippen molar-refractivity contribution in [2.45, 2.75) is 39.0 Å². The number of rotatable bonds is 1. The molecular weight excluding hydrogens is 186 g/mol. The molecule has 0 saturated heterocycles. The lowest BCUT2D eigenvalue weighted by Gasteiger charge is -2.57. The lowest BCUT2D eigenvalue weighted by Crippen LogP contribution is -2.53. The van der Waals surface area contributed by atoms with E-state index in [2.05, 4.69) is 6.07 Å². The molecule has 0 heterocycles. The third-order valence-electron chi connectivity index (χ3n) is 5.17. The fourth-order valence-electron chi connectivity index (χ4n) is 4.67. The second kappa shape index (κ2) is 2.84. The summed E-state index contributed by atoms with van der Waals surface area (Å²) in [5.74, 6) is 2.46. The number of nitrogens with zero attached hydrogens (tertiary/aromatic N) is 1. The molecule has 2 heteroatoms. The molecule has 4 aliphatic rings. The Morgan fingerprint density at radius 1 is 1.27 bits per heavy atom. The van der Waals surface area contributed by atoms with Crippen molar-refractivity contribution in [3.05, 3.63) is 0 Å². The van der Waals surface area contributed by atoms with Crippen LogP contribution in [0.1, 0.15) is 39.0 Å². The van der Waals surface area contributed by atoms with Gasteiger partial charge in [-0.2, -0.15) is 5.26 Å². The van der Waals surface area contributed by atoms with Crippen molar-refractivity contribution in [3.63, 3.8) is 0 Å². The minimum atomic E-state index is -0.0101. The molecule has 4 saturated carbocycles. The molecule has 0 N–H and O–H groups in total. The van der Waals surface area contributed by atoms with Crippen LogP contribution in [-0.2, 0) is 4.79 Å². The monoisotopic (exact) mass is 203 g/mol. The minimum Gasteiger partial charge on any atom is -0.299 e. The summed E-state index contributed by atoms with van der Waals surface area (Å²) in [4.78, 5) is 11.8. The Bertz CT molecular complexity index is 338. The van der Waals surface area contributed by atoms with Gasteiger partial charge in [-0.15, -0.1) is 0 Å². The van der Waals surface area contributed by atoms with Gasteiger partial charge in [-0.05, 0) is 56.8 Å². The van der Waals surface area contributed by atoms with E-state index >= 15 is 0 Å². The van der Waals surface area contributed by atoms with Gasteiger partial charge in [0.2, 0.25) is 0 Å². The molecule has 2 nitrogen and oxygen atoms in total. The van der Waals surface area contributed by atoms with E-state index in [1.165, 1.54) is 12.8 Å². The van der Waals surface area contributed by atoms with Gasteiger partial charge in [0.05, 0.1) is 12.0 Å². The van der Waals surface area contributed by atoms with Gasteiger partial charge in [-0.25, -0.2) is 0 Å². The zero-order valence-corrected chi connectivity index (χ0v) is 9.20. The third-order valence-corrected chi connectivity index (χ3v) is 5.17. The summed E-state index contributed by atoms with van der Waals surface area (Å²) in [6.07, 6.45) is 5.56. The van der Waals surface area contributed by atoms with E-state index in [1.807, 2.05) is 0 Å². The van der Waals surface area contributed by atoms with Crippen LogP contribution in [0.3, 0.4) is 0 Å². The number of carbonyl (C=O) groups is 1. The Hall–Kier alpha value is -0.840. The number of hydrogen-bond acceptors (Lipinski definition) is 2. The van der Waals surface area contributed by atoms with Crippen LogP contribution in [0.2, 0.25) is 0 Å². The van der Waals surface area contributed by atoms with Crippen molar-refractivity contribution in [1.82, 2.24) is 0 Å². The summed E-state index contributed by atoms with van der Waals surface area (Å²) < 4.78 is 0. The van der Waals surface area contributed by atoms with E-state index < -0.39 is 0 Å². The first-order valence-electron chi connectivity index (χ1n) is 6.05. The SMILES string of the molecule is CC(=O)C12CC3CC(C1)C(C#N)C(C3)C2. The largest absolute Gasteiger partial charge is 0.299 e. The highest BCUT2D eigenvalue weighted by atomic mass is 16.1. The van der Waals surface area contributed by atoms with Crippen LogP contribution < -0.4 is 0 Å². The summed E-state index contributed by atoms with van der Waals surface area (Å²) in [6.45, 7) is 1.76. The van der Waals surface area contributed by atoms with Crippen LogP contribution in [0.15, 0.2) is 0 Å². The van der Waals surface area contributed by atoms with Crippen molar-refractivity contribution in [2.24, 2.45) is 29.1 Å². The normalized spacial score (nSPS) is 51.5. The van der Waals surface area contributed by atoms with Gasteiger partial charge in [0.1, 0.15) is 5.78 Å². The number of Topliss-reactive ketones (excluding diaryl/α,β-unsaturated/α-hetero) is 1. The number of nitriles is 1. The van der Waals surface area contributed by atoms with E-state index in [9.17, 15) is 10.1 Å². The molecule has 4 aliphatic carbocycles. The van der Waals surface area contributed by atoms with Crippen LogP contribution in [0.5, 0.6) is 0 Å². The molecular formula is C13H17NO. The van der Waals surface area contributed by atoms with E-state index in [4.69, 9.17) is 0 Å². The number of ketones is 1. The molecule has 2 unspecified atom stereocenters. The van der Waals surface area contributed by atoms with Crippen molar-refractivity contribution in [2.75, 3.05) is 0 Å². The second-order valence-corrected chi connectivity index (χ2v) is 5.96. The molecule has 2 atom stereocenters. The molecule has 4 fully saturated rings. The summed E-state index contributed by atoms with van der Waals surface area (Å²) in [7, 11) is 0. The maximum absolute atomic E-state index is 11.8. The summed E-state index contributed by atoms with van der Waals surface area (Å²) >= 11 is 0. The Kier molecular flexibility index (Phi) is 1.78. The zero-order chi connectivity index (χ0) is 10.6. The molecule has 0 aromatic rings. The summed E-state index contributed by atoms with van der Waals surface area (Å²) in [5.41, 5.74) is -0.0101. The zero-order valence-electron chi connectivity index (χ0n) is 9.20. The molecule has 80 valence electrons. The molecule has 4 rings (SSSR count). The van der Waals surface area contributed by atoms with Crippen LogP contribution in [0, 0.1) is 40.4 Å². The molecule has 0 aromatic heterocycles. The second-order valence-electron chi connectivity index (χ2n) is 5.96. The molecule has 0 spiro atoms. The Balaban J connectivity index is 1.96. The van der Waals surface area contributed by atoms with Gasteiger partial charge < -0.3 is 0 Å². The van der Waals surface area contributed by atoms with Gasteiger partial charge in [0.15, 0.2) is 0 Å². The van der Waals surface area contributed by atoms with E-state index in [0.717, 1.165) is 25.2 Å². The van der Waals surface area contributed by atoms with E-state index in [1.54, 1.807) is 6.92 Å². The van der Waals surface area contributed by atoms with Gasteiger partial charge >= 0.3 is 0 Å². The van der Waals surface area contributed by atoms with Gasteiger partial charge in [-0.3, -0.25) is 4.79 Å². The van der Waals surface area contributed by atoms with Gasteiger partial charge in [0, 0.05) is 5.41 Å². The van der Waals surface area contributed by atoms with Crippen LogP contribution in [-0.4, -0.2) is 5.78 Å². The molecule has 4 bridgehead atoms. The first kappa shape index (κ1) is 9.39. The third kappa shape index (κ3) is 1.13. The molecule has 0 aromatic carbocycles. The van der Waals surface area contributed by atoms with Crippen LogP contribution in [0.4, 0.5) is 0 Å². The number of hydrogen-bond donors (Lipinski definition) is 0. The molecule has 15 heavy (non-hydrogen) atoms. The fourth-order valence-corrected chi connectivity index (χ4v) is 4.67. The Morgan fingerprint density at radius 3 is 2.33 bits per heavy atom. The number of carbonyl (C=O) groups excluding carboxylic acids is 1. The predicted octanol–water partition coefficient (Wildman–Crippen LogP) is 2.54. The van der Waals surface area contributed by atoms with Gasteiger partial charge in [-0.1, -0.05) is 0 Å². The highest BCUT2D eigenvalue weighted by Crippen LogP contribution is 2.62. The van der Waals surface area contributed by atoms with Crippen LogP contribution >= 0.6 is 0 Å². The summed E-state index contributed by atoms with van der Waals surface area (Å²) in [5, 5.41) is 9.19. The van der Waals surface area contributed by atoms with E-state index in [0.29, 0.717) is 17.6 Å². The first-order chi connectivity index (χ1) is 7.14. The maximum atomic E-state index is 11.8. The first-order valence-corrected chi connectivity index (χ1v) is 6.05. The van der Waals surface area contributed by atoms with Crippen molar-refractivity contribution in [3.8, 4) is 6.07 Å². The van der Waals surface area contributed by atoms with Crippen molar-refractivity contribution >= 4 is 5.78 Å². The minimum absolute atomic E-state index is 0.0101. The lowest BCUT2D eigenvalue weighted by molar-refractivity contribution is -0.145. The smallest absolute Gasteiger partial charge is 0.135 e. The van der Waals surface area contributed by atoms with Crippen molar-refractivity contribution in [1.29, 1.82) is 5.26 Å². The molecule has 0 radical (unpaired) electrons. The highest BCUT2D eigenvalue weighted by Gasteiger charge is 2.57. The average molecular weight is 203 g/mol. The molecule has 0 aliphatic heterocycles. The fraction of sp³-hybridized carbons (Fsp3) is 0.846. The quantitative estimate of drug-likeness (QED) is 0.657. The lowest BCUT2D eigenvalue weighted by atomic mass is 9.45. The van der Waals surface area contributed by atoms with Crippen LogP contribution in [0.25, 0.3) is 0 Å². The summed E-state index contributed by atoms with van der Waals surface area (Å²) in [6, 6.07) is 2.49.